The first-order chi connectivity index (χ1) is 12.2. The molecule has 3 rings (SSSR count). The monoisotopic (exact) mass is 415 g/mol. The summed E-state index contributed by atoms with van der Waals surface area (Å²) in [5.41, 5.74) is 2.26. The summed E-state index contributed by atoms with van der Waals surface area (Å²) in [6, 6.07) is 9.09. The molecular formula is C21H35Cl2N3O. The molecular weight excluding hydrogens is 381 g/mol. The van der Waals surface area contributed by atoms with Crippen LogP contribution in [0.2, 0.25) is 0 Å². The Morgan fingerprint density at radius 2 is 1.81 bits per heavy atom. The number of likely N-dealkylation sites (tertiary alicyclic amines) is 1. The standard InChI is InChI=1S/C21H33N3O.2ClH/c1-17-4-2-3-15-24(17)16-19-5-8-20(9-6-19)23-21(25)10-7-18-11-13-22-14-12-18;;/h5-6,8-9,17-18,22H,2-4,7,10-16H2,1H3,(H,23,25);2*1H. The summed E-state index contributed by atoms with van der Waals surface area (Å²) in [5.74, 6) is 0.858. The van der Waals surface area contributed by atoms with E-state index >= 15 is 0 Å². The molecule has 27 heavy (non-hydrogen) atoms. The van der Waals surface area contributed by atoms with Crippen LogP contribution in [0.4, 0.5) is 5.69 Å². The van der Waals surface area contributed by atoms with Gasteiger partial charge in [0.15, 0.2) is 0 Å². The highest BCUT2D eigenvalue weighted by Crippen LogP contribution is 2.21. The van der Waals surface area contributed by atoms with Crippen LogP contribution in [0.1, 0.15) is 57.4 Å². The largest absolute Gasteiger partial charge is 0.326 e. The van der Waals surface area contributed by atoms with E-state index < -0.39 is 0 Å². The van der Waals surface area contributed by atoms with Gasteiger partial charge in [0.1, 0.15) is 0 Å². The smallest absolute Gasteiger partial charge is 0.224 e. The van der Waals surface area contributed by atoms with E-state index in [0.717, 1.165) is 31.7 Å². The van der Waals surface area contributed by atoms with E-state index in [4.69, 9.17) is 0 Å². The summed E-state index contributed by atoms with van der Waals surface area (Å²) in [6.45, 7) is 6.75. The van der Waals surface area contributed by atoms with Crippen molar-refractivity contribution < 1.29 is 4.79 Å². The maximum atomic E-state index is 12.2. The van der Waals surface area contributed by atoms with Crippen LogP contribution in [0.5, 0.6) is 0 Å². The predicted octanol–water partition coefficient (Wildman–Crippen LogP) is 4.62. The minimum absolute atomic E-state index is 0. The van der Waals surface area contributed by atoms with E-state index in [2.05, 4.69) is 34.6 Å². The second-order valence-electron chi connectivity index (χ2n) is 7.79. The molecule has 1 aromatic carbocycles. The van der Waals surface area contributed by atoms with Crippen LogP contribution in [0.3, 0.4) is 0 Å². The molecule has 4 nitrogen and oxygen atoms in total. The molecule has 0 aliphatic carbocycles. The van der Waals surface area contributed by atoms with E-state index in [-0.39, 0.29) is 30.7 Å². The number of amides is 1. The zero-order valence-corrected chi connectivity index (χ0v) is 18.0. The van der Waals surface area contributed by atoms with Crippen molar-refractivity contribution in [3.63, 3.8) is 0 Å². The molecule has 2 saturated heterocycles. The summed E-state index contributed by atoms with van der Waals surface area (Å²) >= 11 is 0. The number of rotatable bonds is 6. The van der Waals surface area contributed by atoms with Crippen LogP contribution in [0.25, 0.3) is 0 Å². The molecule has 0 radical (unpaired) electrons. The van der Waals surface area contributed by atoms with Crippen LogP contribution >= 0.6 is 24.8 Å². The Kier molecular flexibility index (Phi) is 11.3. The van der Waals surface area contributed by atoms with Crippen molar-refractivity contribution in [2.24, 2.45) is 5.92 Å². The van der Waals surface area contributed by atoms with E-state index in [1.165, 1.54) is 44.2 Å². The topological polar surface area (TPSA) is 44.4 Å². The van der Waals surface area contributed by atoms with Crippen molar-refractivity contribution in [3.8, 4) is 0 Å². The second kappa shape index (κ2) is 12.6. The van der Waals surface area contributed by atoms with Gasteiger partial charge in [-0.25, -0.2) is 0 Å². The maximum absolute atomic E-state index is 12.2. The lowest BCUT2D eigenvalue weighted by Gasteiger charge is -2.33. The minimum Gasteiger partial charge on any atom is -0.326 e. The van der Waals surface area contributed by atoms with Gasteiger partial charge in [-0.05, 0) is 82.3 Å². The number of carbonyl (C=O) groups is 1. The number of piperidine rings is 2. The second-order valence-corrected chi connectivity index (χ2v) is 7.79. The Morgan fingerprint density at radius 3 is 2.48 bits per heavy atom. The number of carbonyl (C=O) groups excluding carboxylic acids is 1. The SMILES string of the molecule is CC1CCCCN1Cc1ccc(NC(=O)CCC2CCNCC2)cc1.Cl.Cl. The van der Waals surface area contributed by atoms with Crippen molar-refractivity contribution in [2.45, 2.75) is 64.5 Å². The van der Waals surface area contributed by atoms with Crippen molar-refractivity contribution in [3.05, 3.63) is 29.8 Å². The molecule has 2 fully saturated rings. The molecule has 1 amide bonds. The molecule has 1 aromatic rings. The molecule has 0 aromatic heterocycles. The molecule has 1 atom stereocenters. The van der Waals surface area contributed by atoms with Crippen LogP contribution < -0.4 is 10.6 Å². The summed E-state index contributed by atoms with van der Waals surface area (Å²) in [7, 11) is 0. The van der Waals surface area contributed by atoms with Crippen molar-refractivity contribution >= 4 is 36.4 Å². The quantitative estimate of drug-likeness (QED) is 0.711. The number of nitrogens with zero attached hydrogens (tertiary/aromatic N) is 1. The van der Waals surface area contributed by atoms with Gasteiger partial charge in [0.25, 0.3) is 0 Å². The number of anilines is 1. The van der Waals surface area contributed by atoms with E-state index in [1.807, 2.05) is 12.1 Å². The van der Waals surface area contributed by atoms with Crippen LogP contribution in [-0.4, -0.2) is 36.5 Å². The number of nitrogens with one attached hydrogen (secondary N) is 2. The van der Waals surface area contributed by atoms with E-state index in [1.54, 1.807) is 0 Å². The molecule has 2 aliphatic heterocycles. The number of benzene rings is 1. The molecule has 6 heteroatoms. The van der Waals surface area contributed by atoms with Crippen molar-refractivity contribution in [2.75, 3.05) is 25.0 Å². The Morgan fingerprint density at radius 1 is 1.11 bits per heavy atom. The minimum atomic E-state index is 0. The molecule has 0 spiro atoms. The van der Waals surface area contributed by atoms with Gasteiger partial charge in [0.2, 0.25) is 5.91 Å². The predicted molar refractivity (Wildman–Crippen MR) is 118 cm³/mol. The lowest BCUT2D eigenvalue weighted by molar-refractivity contribution is -0.116. The van der Waals surface area contributed by atoms with Gasteiger partial charge in [0.05, 0.1) is 0 Å². The summed E-state index contributed by atoms with van der Waals surface area (Å²) in [4.78, 5) is 14.7. The highest BCUT2D eigenvalue weighted by molar-refractivity contribution is 5.90. The molecule has 0 saturated carbocycles. The van der Waals surface area contributed by atoms with Crippen molar-refractivity contribution in [1.82, 2.24) is 10.2 Å². The average molecular weight is 416 g/mol. The van der Waals surface area contributed by atoms with Crippen LogP contribution in [-0.2, 0) is 11.3 Å². The molecule has 2 N–H and O–H groups in total. The fourth-order valence-electron chi connectivity index (χ4n) is 4.05. The molecule has 2 aliphatic rings. The molecule has 154 valence electrons. The first-order valence-corrected chi connectivity index (χ1v) is 10.0. The highest BCUT2D eigenvalue weighted by Gasteiger charge is 2.18. The Labute approximate surface area is 176 Å². The van der Waals surface area contributed by atoms with E-state index in [0.29, 0.717) is 18.4 Å². The Hall–Kier alpha value is -0.810. The highest BCUT2D eigenvalue weighted by atomic mass is 35.5. The summed E-state index contributed by atoms with van der Waals surface area (Å²) < 4.78 is 0. The van der Waals surface area contributed by atoms with Gasteiger partial charge < -0.3 is 10.6 Å². The third-order valence-electron chi connectivity index (χ3n) is 5.80. The zero-order valence-electron chi connectivity index (χ0n) is 16.4. The number of hydrogen-bond acceptors (Lipinski definition) is 3. The molecule has 1 unspecified atom stereocenters. The summed E-state index contributed by atoms with van der Waals surface area (Å²) in [6.07, 6.45) is 8.05. The van der Waals surface area contributed by atoms with Gasteiger partial charge in [0, 0.05) is 24.7 Å². The fourth-order valence-corrected chi connectivity index (χ4v) is 4.05. The third kappa shape index (κ3) is 7.98. The van der Waals surface area contributed by atoms with Gasteiger partial charge in [-0.15, -0.1) is 24.8 Å². The van der Waals surface area contributed by atoms with Gasteiger partial charge in [-0.1, -0.05) is 18.6 Å². The van der Waals surface area contributed by atoms with Gasteiger partial charge in [-0.2, -0.15) is 0 Å². The lowest BCUT2D eigenvalue weighted by Crippen LogP contribution is -2.36. The zero-order chi connectivity index (χ0) is 17.5. The Bertz CT molecular complexity index is 547. The Balaban J connectivity index is 0.00000182. The summed E-state index contributed by atoms with van der Waals surface area (Å²) in [5, 5.41) is 6.43. The molecule has 2 heterocycles. The lowest BCUT2D eigenvalue weighted by atomic mass is 9.93. The van der Waals surface area contributed by atoms with Gasteiger partial charge in [-0.3, -0.25) is 9.69 Å². The first kappa shape index (κ1) is 24.2. The first-order valence-electron chi connectivity index (χ1n) is 10.0. The number of hydrogen-bond donors (Lipinski definition) is 2. The van der Waals surface area contributed by atoms with Gasteiger partial charge >= 0.3 is 0 Å². The average Bonchev–Trinajstić information content (AvgIpc) is 2.64. The van der Waals surface area contributed by atoms with Crippen LogP contribution in [0.15, 0.2) is 24.3 Å². The maximum Gasteiger partial charge on any atom is 0.224 e. The third-order valence-corrected chi connectivity index (χ3v) is 5.80. The molecule has 0 bridgehead atoms. The van der Waals surface area contributed by atoms with Crippen molar-refractivity contribution in [1.29, 1.82) is 0 Å². The normalized spacial score (nSPS) is 21.0. The van der Waals surface area contributed by atoms with Crippen LogP contribution in [0, 0.1) is 5.92 Å². The fraction of sp³-hybridized carbons (Fsp3) is 0.667. The number of halogens is 2. The van der Waals surface area contributed by atoms with E-state index in [9.17, 15) is 4.79 Å².